The molecular weight excluding hydrogens is 631 g/mol. The van der Waals surface area contributed by atoms with Gasteiger partial charge in [0, 0.05) is 49.5 Å². The van der Waals surface area contributed by atoms with Gasteiger partial charge in [-0.05, 0) is 47.5 Å². The molecule has 51 heavy (non-hydrogen) atoms. The molecule has 4 heterocycles. The highest BCUT2D eigenvalue weighted by Crippen LogP contribution is 2.41. The number of rotatable bonds is 4. The normalized spacial score (nSPS) is 11.9. The van der Waals surface area contributed by atoms with Crippen molar-refractivity contribution >= 4 is 65.8 Å². The molecule has 0 aliphatic carbocycles. The molecule has 0 fully saturated rings. The third-order valence-electron chi connectivity index (χ3n) is 9.74. The maximum absolute atomic E-state index is 6.42. The molecule has 0 radical (unpaired) electrons. The Bertz CT molecular complexity index is 3150. The number of nitrogens with zero attached hydrogens (tertiary/aromatic N) is 3. The standard InChI is InChI=1S/C45H25N3O3/c1-2-11-26(12-3-1)43-46-44(48-45(47-43)33-19-9-18-32-30-15-4-7-21-37(30)51-42(32)33)28-14-8-13-27(23-28)29-17-10-22-38-41(29)35-24-34-31-16-5-6-20-36(31)49-39(34)25-40(35)50-38/h1-25H. The third-order valence-corrected chi connectivity index (χ3v) is 9.74. The Labute approximate surface area is 290 Å². The van der Waals surface area contributed by atoms with Crippen molar-refractivity contribution in [3.8, 4) is 45.3 Å². The summed E-state index contributed by atoms with van der Waals surface area (Å²) in [5, 5.41) is 6.32. The summed E-state index contributed by atoms with van der Waals surface area (Å²) in [6, 6.07) is 51.1. The SMILES string of the molecule is c1ccc(-c2nc(-c3cccc(-c4cccc5oc6cc7oc8ccccc8c7cc6c45)c3)nc(-c3cccc4c3oc3ccccc34)n2)cc1. The van der Waals surface area contributed by atoms with Gasteiger partial charge in [0.2, 0.25) is 0 Å². The van der Waals surface area contributed by atoms with E-state index in [1.54, 1.807) is 0 Å². The molecule has 0 spiro atoms. The molecule has 0 atom stereocenters. The van der Waals surface area contributed by atoms with E-state index in [0.29, 0.717) is 17.5 Å². The molecule has 0 aliphatic rings. The van der Waals surface area contributed by atoms with Gasteiger partial charge < -0.3 is 13.3 Å². The lowest BCUT2D eigenvalue weighted by molar-refractivity contribution is 0.656. The number of hydrogen-bond donors (Lipinski definition) is 0. The molecule has 0 N–H and O–H groups in total. The monoisotopic (exact) mass is 655 g/mol. The minimum Gasteiger partial charge on any atom is -0.456 e. The predicted octanol–water partition coefficient (Wildman–Crippen LogP) is 12.2. The molecule has 0 aliphatic heterocycles. The number of hydrogen-bond acceptors (Lipinski definition) is 6. The Morgan fingerprint density at radius 3 is 1.75 bits per heavy atom. The van der Waals surface area contributed by atoms with E-state index in [0.717, 1.165) is 93.6 Å². The second kappa shape index (κ2) is 10.7. The first kappa shape index (κ1) is 27.9. The van der Waals surface area contributed by atoms with Crippen molar-refractivity contribution in [3.05, 3.63) is 152 Å². The molecule has 11 aromatic rings. The van der Waals surface area contributed by atoms with Gasteiger partial charge in [-0.1, -0.05) is 109 Å². The van der Waals surface area contributed by atoms with Crippen molar-refractivity contribution in [2.75, 3.05) is 0 Å². The van der Waals surface area contributed by atoms with Gasteiger partial charge in [0.05, 0.1) is 5.56 Å². The second-order valence-corrected chi connectivity index (χ2v) is 12.8. The van der Waals surface area contributed by atoms with Gasteiger partial charge in [-0.15, -0.1) is 0 Å². The van der Waals surface area contributed by atoms with E-state index >= 15 is 0 Å². The summed E-state index contributed by atoms with van der Waals surface area (Å²) in [5.74, 6) is 1.71. The zero-order valence-corrected chi connectivity index (χ0v) is 27.0. The third kappa shape index (κ3) is 4.33. The first-order chi connectivity index (χ1) is 25.2. The molecular formula is C45H25N3O3. The molecule has 0 saturated carbocycles. The molecule has 11 rings (SSSR count). The Hall–Kier alpha value is -7.05. The molecule has 0 unspecified atom stereocenters. The van der Waals surface area contributed by atoms with E-state index in [9.17, 15) is 0 Å². The molecule has 4 aromatic heterocycles. The van der Waals surface area contributed by atoms with Crippen LogP contribution in [0, 0.1) is 0 Å². The van der Waals surface area contributed by atoms with Crippen LogP contribution in [0.5, 0.6) is 0 Å². The first-order valence-electron chi connectivity index (χ1n) is 16.8. The fourth-order valence-corrected chi connectivity index (χ4v) is 7.38. The van der Waals surface area contributed by atoms with E-state index < -0.39 is 0 Å². The molecule has 238 valence electrons. The van der Waals surface area contributed by atoms with Crippen LogP contribution in [0.3, 0.4) is 0 Å². The Morgan fingerprint density at radius 2 is 0.882 bits per heavy atom. The number of benzene rings is 7. The molecule has 0 bridgehead atoms. The summed E-state index contributed by atoms with van der Waals surface area (Å²) in [5.41, 5.74) is 9.53. The van der Waals surface area contributed by atoms with Crippen LogP contribution in [-0.2, 0) is 0 Å². The average Bonchev–Trinajstić information content (AvgIpc) is 3.88. The number of aromatic nitrogens is 3. The highest BCUT2D eigenvalue weighted by atomic mass is 16.3. The minimum absolute atomic E-state index is 0.549. The number of furan rings is 3. The van der Waals surface area contributed by atoms with Crippen LogP contribution in [0.1, 0.15) is 0 Å². The molecule has 6 nitrogen and oxygen atoms in total. The maximum atomic E-state index is 6.42. The molecule has 6 heteroatoms. The van der Waals surface area contributed by atoms with Gasteiger partial charge in [0.1, 0.15) is 33.5 Å². The van der Waals surface area contributed by atoms with Crippen LogP contribution < -0.4 is 0 Å². The Kier molecular flexibility index (Phi) is 5.86. The smallest absolute Gasteiger partial charge is 0.167 e. The van der Waals surface area contributed by atoms with Gasteiger partial charge >= 0.3 is 0 Å². The molecule has 7 aromatic carbocycles. The second-order valence-electron chi connectivity index (χ2n) is 12.8. The Balaban J connectivity index is 1.11. The van der Waals surface area contributed by atoms with E-state index in [2.05, 4.69) is 48.5 Å². The van der Waals surface area contributed by atoms with E-state index in [-0.39, 0.29) is 0 Å². The summed E-state index contributed by atoms with van der Waals surface area (Å²) in [6.45, 7) is 0. The fourth-order valence-electron chi connectivity index (χ4n) is 7.38. The van der Waals surface area contributed by atoms with E-state index in [1.807, 2.05) is 103 Å². The van der Waals surface area contributed by atoms with Crippen molar-refractivity contribution in [2.24, 2.45) is 0 Å². The van der Waals surface area contributed by atoms with Gasteiger partial charge in [0.25, 0.3) is 0 Å². The van der Waals surface area contributed by atoms with Crippen LogP contribution in [0.25, 0.3) is 111 Å². The van der Waals surface area contributed by atoms with Gasteiger partial charge in [0.15, 0.2) is 17.5 Å². The highest BCUT2D eigenvalue weighted by Gasteiger charge is 2.20. The average molecular weight is 656 g/mol. The summed E-state index contributed by atoms with van der Waals surface area (Å²) in [6.07, 6.45) is 0. The maximum Gasteiger partial charge on any atom is 0.167 e. The minimum atomic E-state index is 0.549. The zero-order valence-electron chi connectivity index (χ0n) is 27.0. The first-order valence-corrected chi connectivity index (χ1v) is 16.8. The van der Waals surface area contributed by atoms with Gasteiger partial charge in [-0.25, -0.2) is 15.0 Å². The summed E-state index contributed by atoms with van der Waals surface area (Å²) >= 11 is 0. The summed E-state index contributed by atoms with van der Waals surface area (Å²) in [7, 11) is 0. The topological polar surface area (TPSA) is 78.1 Å². The van der Waals surface area contributed by atoms with Crippen molar-refractivity contribution in [1.82, 2.24) is 15.0 Å². The van der Waals surface area contributed by atoms with Gasteiger partial charge in [-0.2, -0.15) is 0 Å². The molecule has 0 saturated heterocycles. The van der Waals surface area contributed by atoms with Crippen molar-refractivity contribution in [1.29, 1.82) is 0 Å². The fraction of sp³-hybridized carbons (Fsp3) is 0. The number of para-hydroxylation sites is 3. The highest BCUT2D eigenvalue weighted by molar-refractivity contribution is 6.18. The quantitative estimate of drug-likeness (QED) is 0.188. The zero-order chi connectivity index (χ0) is 33.5. The van der Waals surface area contributed by atoms with Crippen LogP contribution in [0.4, 0.5) is 0 Å². The van der Waals surface area contributed by atoms with Gasteiger partial charge in [-0.3, -0.25) is 0 Å². The number of fused-ring (bicyclic) bond motifs is 9. The molecule has 0 amide bonds. The lowest BCUT2D eigenvalue weighted by atomic mass is 9.97. The lowest BCUT2D eigenvalue weighted by Gasteiger charge is -2.10. The largest absolute Gasteiger partial charge is 0.456 e. The summed E-state index contributed by atoms with van der Waals surface area (Å²) in [4.78, 5) is 15.1. The van der Waals surface area contributed by atoms with Crippen LogP contribution in [0.2, 0.25) is 0 Å². The summed E-state index contributed by atoms with van der Waals surface area (Å²) < 4.78 is 19.0. The van der Waals surface area contributed by atoms with Crippen LogP contribution in [-0.4, -0.2) is 15.0 Å². The van der Waals surface area contributed by atoms with Crippen LogP contribution in [0.15, 0.2) is 165 Å². The van der Waals surface area contributed by atoms with E-state index in [4.69, 9.17) is 28.2 Å². The predicted molar refractivity (Wildman–Crippen MR) is 203 cm³/mol. The van der Waals surface area contributed by atoms with E-state index in [1.165, 1.54) is 0 Å². The van der Waals surface area contributed by atoms with Crippen molar-refractivity contribution in [3.63, 3.8) is 0 Å². The van der Waals surface area contributed by atoms with Crippen molar-refractivity contribution < 1.29 is 13.3 Å². The van der Waals surface area contributed by atoms with Crippen LogP contribution >= 0.6 is 0 Å². The Morgan fingerprint density at radius 1 is 0.314 bits per heavy atom. The van der Waals surface area contributed by atoms with Crippen molar-refractivity contribution in [2.45, 2.75) is 0 Å². The lowest BCUT2D eigenvalue weighted by Crippen LogP contribution is -2.00.